The van der Waals surface area contributed by atoms with Gasteiger partial charge in [-0.25, -0.2) is 0 Å². The Labute approximate surface area is 135 Å². The number of carbonyl (C=O) groups is 1. The van der Waals surface area contributed by atoms with Crippen LogP contribution < -0.4 is 5.32 Å². The molecule has 2 aromatic rings. The van der Waals surface area contributed by atoms with Crippen molar-refractivity contribution in [2.24, 2.45) is 0 Å². The Balaban J connectivity index is 1.93. The van der Waals surface area contributed by atoms with Gasteiger partial charge >= 0.3 is 0 Å². The Bertz CT molecular complexity index is 663. The molecule has 118 valence electrons. The number of aliphatic hydroxyl groups excluding tert-OH is 1. The first-order valence-corrected chi connectivity index (χ1v) is 7.39. The topological polar surface area (TPSA) is 76.4 Å². The van der Waals surface area contributed by atoms with Crippen LogP contribution in [0.15, 0.2) is 54.6 Å². The lowest BCUT2D eigenvalue weighted by atomic mass is 10.2. The van der Waals surface area contributed by atoms with Crippen LogP contribution in [-0.4, -0.2) is 35.6 Å². The van der Waals surface area contributed by atoms with Gasteiger partial charge in [0, 0.05) is 18.8 Å². The molecule has 0 radical (unpaired) electrons. The summed E-state index contributed by atoms with van der Waals surface area (Å²) in [5.41, 5.74) is 2.38. The molecule has 0 saturated carbocycles. The first kappa shape index (κ1) is 16.5. The molecule has 0 atom stereocenters. The summed E-state index contributed by atoms with van der Waals surface area (Å²) in [6, 6.07) is 18.6. The molecule has 0 unspecified atom stereocenters. The molecule has 5 nitrogen and oxygen atoms in total. The third-order valence-electron chi connectivity index (χ3n) is 3.40. The van der Waals surface area contributed by atoms with Crippen molar-refractivity contribution >= 4 is 11.6 Å². The van der Waals surface area contributed by atoms with E-state index in [0.717, 1.165) is 11.3 Å². The summed E-state index contributed by atoms with van der Waals surface area (Å²) in [6.45, 7) is 0.826. The van der Waals surface area contributed by atoms with Gasteiger partial charge in [-0.2, -0.15) is 5.26 Å². The van der Waals surface area contributed by atoms with Gasteiger partial charge in [0.05, 0.1) is 24.8 Å². The molecule has 5 heteroatoms. The van der Waals surface area contributed by atoms with E-state index in [9.17, 15) is 4.79 Å². The van der Waals surface area contributed by atoms with Crippen molar-refractivity contribution < 1.29 is 9.90 Å². The fraction of sp³-hybridized carbons (Fsp3) is 0.222. The van der Waals surface area contributed by atoms with Gasteiger partial charge in [-0.1, -0.05) is 30.3 Å². The molecule has 2 N–H and O–H groups in total. The monoisotopic (exact) mass is 309 g/mol. The fourth-order valence-electron chi connectivity index (χ4n) is 2.17. The van der Waals surface area contributed by atoms with Gasteiger partial charge in [0.15, 0.2) is 0 Å². The van der Waals surface area contributed by atoms with Gasteiger partial charge in [-0.05, 0) is 29.8 Å². The number of rotatable bonds is 7. The van der Waals surface area contributed by atoms with Crippen LogP contribution in [0.1, 0.15) is 11.1 Å². The molecule has 0 aromatic heterocycles. The number of hydrogen-bond acceptors (Lipinski definition) is 4. The highest BCUT2D eigenvalue weighted by molar-refractivity contribution is 5.80. The number of nitrogens with one attached hydrogen (secondary N) is 1. The molecular weight excluding hydrogens is 290 g/mol. The average Bonchev–Trinajstić information content (AvgIpc) is 2.60. The molecule has 0 saturated heterocycles. The number of amides is 1. The standard InChI is InChI=1S/C18H19N3O2/c19-12-15-6-8-17(9-7-15)20-13-18(23)21(10-11-22)14-16-4-2-1-3-5-16/h1-9,20,22H,10-11,13-14H2. The number of nitriles is 1. The van der Waals surface area contributed by atoms with Gasteiger partial charge < -0.3 is 15.3 Å². The third-order valence-corrected chi connectivity index (χ3v) is 3.40. The van der Waals surface area contributed by atoms with E-state index in [4.69, 9.17) is 10.4 Å². The number of aliphatic hydroxyl groups is 1. The molecule has 0 spiro atoms. The van der Waals surface area contributed by atoms with Gasteiger partial charge in [0.1, 0.15) is 0 Å². The molecule has 1 amide bonds. The molecule has 0 aliphatic heterocycles. The van der Waals surface area contributed by atoms with E-state index in [1.807, 2.05) is 30.3 Å². The quantitative estimate of drug-likeness (QED) is 0.820. The highest BCUT2D eigenvalue weighted by atomic mass is 16.3. The molecule has 2 rings (SSSR count). The third kappa shape index (κ3) is 5.13. The van der Waals surface area contributed by atoms with E-state index in [-0.39, 0.29) is 19.1 Å². The summed E-state index contributed by atoms with van der Waals surface area (Å²) in [5.74, 6) is -0.0905. The molecule has 0 fully saturated rings. The van der Waals surface area contributed by atoms with Crippen LogP contribution in [-0.2, 0) is 11.3 Å². The summed E-state index contributed by atoms with van der Waals surface area (Å²) in [5, 5.41) is 21.0. The van der Waals surface area contributed by atoms with Crippen LogP contribution in [0.25, 0.3) is 0 Å². The SMILES string of the molecule is N#Cc1ccc(NCC(=O)N(CCO)Cc2ccccc2)cc1. The first-order chi connectivity index (χ1) is 11.2. The van der Waals surface area contributed by atoms with Crippen LogP contribution >= 0.6 is 0 Å². The Morgan fingerprint density at radius 2 is 1.83 bits per heavy atom. The second kappa shape index (κ2) is 8.57. The van der Waals surface area contributed by atoms with Crippen molar-refractivity contribution in [2.75, 3.05) is 25.0 Å². The zero-order valence-electron chi connectivity index (χ0n) is 12.8. The van der Waals surface area contributed by atoms with E-state index in [2.05, 4.69) is 11.4 Å². The number of nitrogens with zero attached hydrogens (tertiary/aromatic N) is 2. The largest absolute Gasteiger partial charge is 0.395 e. The molecule has 0 bridgehead atoms. The summed E-state index contributed by atoms with van der Waals surface area (Å²) in [6.07, 6.45) is 0. The lowest BCUT2D eigenvalue weighted by molar-refractivity contribution is -0.130. The number of benzene rings is 2. The maximum atomic E-state index is 12.3. The summed E-state index contributed by atoms with van der Waals surface area (Å²) < 4.78 is 0. The predicted molar refractivity (Wildman–Crippen MR) is 88.6 cm³/mol. The molecule has 0 aliphatic rings. The minimum absolute atomic E-state index is 0.0740. The number of hydrogen-bond donors (Lipinski definition) is 2. The Kier molecular flexibility index (Phi) is 6.16. The van der Waals surface area contributed by atoms with Crippen molar-refractivity contribution in [3.8, 4) is 6.07 Å². The fourth-order valence-corrected chi connectivity index (χ4v) is 2.17. The van der Waals surface area contributed by atoms with E-state index >= 15 is 0 Å². The molecule has 0 aliphatic carbocycles. The predicted octanol–water partition coefficient (Wildman–Crippen LogP) is 1.99. The summed E-state index contributed by atoms with van der Waals surface area (Å²) in [7, 11) is 0. The van der Waals surface area contributed by atoms with Gasteiger partial charge in [-0.3, -0.25) is 4.79 Å². The summed E-state index contributed by atoms with van der Waals surface area (Å²) >= 11 is 0. The lowest BCUT2D eigenvalue weighted by Crippen LogP contribution is -2.37. The molecule has 2 aromatic carbocycles. The maximum Gasteiger partial charge on any atom is 0.242 e. The lowest BCUT2D eigenvalue weighted by Gasteiger charge is -2.22. The minimum atomic E-state index is -0.0905. The Morgan fingerprint density at radius 1 is 1.13 bits per heavy atom. The number of anilines is 1. The van der Waals surface area contributed by atoms with Gasteiger partial charge in [0.25, 0.3) is 0 Å². The second-order valence-electron chi connectivity index (χ2n) is 5.07. The Morgan fingerprint density at radius 3 is 2.43 bits per heavy atom. The minimum Gasteiger partial charge on any atom is -0.395 e. The van der Waals surface area contributed by atoms with Gasteiger partial charge in [0.2, 0.25) is 5.91 Å². The van der Waals surface area contributed by atoms with Crippen LogP contribution in [0, 0.1) is 11.3 Å². The van der Waals surface area contributed by atoms with E-state index < -0.39 is 0 Å². The first-order valence-electron chi connectivity index (χ1n) is 7.39. The van der Waals surface area contributed by atoms with Crippen LogP contribution in [0.5, 0.6) is 0 Å². The Hall–Kier alpha value is -2.84. The van der Waals surface area contributed by atoms with E-state index in [0.29, 0.717) is 18.7 Å². The molecule has 0 heterocycles. The smallest absolute Gasteiger partial charge is 0.242 e. The van der Waals surface area contributed by atoms with Crippen LogP contribution in [0.2, 0.25) is 0 Å². The zero-order valence-corrected chi connectivity index (χ0v) is 12.8. The van der Waals surface area contributed by atoms with Gasteiger partial charge in [-0.15, -0.1) is 0 Å². The van der Waals surface area contributed by atoms with Crippen molar-refractivity contribution in [3.63, 3.8) is 0 Å². The van der Waals surface area contributed by atoms with Crippen molar-refractivity contribution in [1.82, 2.24) is 4.90 Å². The second-order valence-corrected chi connectivity index (χ2v) is 5.07. The van der Waals surface area contributed by atoms with Crippen molar-refractivity contribution in [2.45, 2.75) is 6.54 Å². The van der Waals surface area contributed by atoms with Crippen molar-refractivity contribution in [3.05, 3.63) is 65.7 Å². The average molecular weight is 309 g/mol. The zero-order chi connectivity index (χ0) is 16.5. The summed E-state index contributed by atoms with van der Waals surface area (Å²) in [4.78, 5) is 14.0. The highest BCUT2D eigenvalue weighted by Gasteiger charge is 2.13. The van der Waals surface area contributed by atoms with E-state index in [1.54, 1.807) is 29.2 Å². The maximum absolute atomic E-state index is 12.3. The normalized spacial score (nSPS) is 9.91. The molecule has 23 heavy (non-hydrogen) atoms. The number of carbonyl (C=O) groups excluding carboxylic acids is 1. The van der Waals surface area contributed by atoms with Crippen molar-refractivity contribution in [1.29, 1.82) is 5.26 Å². The highest BCUT2D eigenvalue weighted by Crippen LogP contribution is 2.09. The van der Waals surface area contributed by atoms with Crippen LogP contribution in [0.3, 0.4) is 0 Å². The van der Waals surface area contributed by atoms with E-state index in [1.165, 1.54) is 0 Å². The molecular formula is C18H19N3O2. The van der Waals surface area contributed by atoms with Crippen LogP contribution in [0.4, 0.5) is 5.69 Å².